The highest BCUT2D eigenvalue weighted by molar-refractivity contribution is 6.68. The average Bonchev–Trinajstić information content (AvgIpc) is 2.53. The van der Waals surface area contributed by atoms with E-state index in [-0.39, 0.29) is 11.6 Å². The van der Waals surface area contributed by atoms with Crippen molar-refractivity contribution in [3.8, 4) is 0 Å². The van der Waals surface area contributed by atoms with Crippen molar-refractivity contribution in [2.24, 2.45) is 0 Å². The van der Waals surface area contributed by atoms with Gasteiger partial charge in [0.2, 0.25) is 9.70 Å². The van der Waals surface area contributed by atoms with Crippen LogP contribution in [0.4, 0.5) is 11.4 Å². The molecule has 1 atom stereocenters. The molecule has 0 spiro atoms. The second-order valence-corrected chi connectivity index (χ2v) is 8.03. The minimum absolute atomic E-state index is 0.102. The number of nitro benzene ring substituents is 1. The van der Waals surface area contributed by atoms with Crippen LogP contribution in [0.25, 0.3) is 0 Å². The van der Waals surface area contributed by atoms with E-state index in [4.69, 9.17) is 34.8 Å². The molecule has 0 saturated carbocycles. The first-order valence-electron chi connectivity index (χ1n) is 8.11. The van der Waals surface area contributed by atoms with Crippen molar-refractivity contribution in [1.29, 1.82) is 0 Å². The van der Waals surface area contributed by atoms with Gasteiger partial charge >= 0.3 is 0 Å². The van der Waals surface area contributed by atoms with Gasteiger partial charge in [0.1, 0.15) is 6.17 Å². The van der Waals surface area contributed by atoms with Crippen LogP contribution in [-0.4, -0.2) is 20.8 Å². The SMILES string of the molecule is CCCCCCCC(=O)N[C@H](Nc1cccc([N+](=O)[O-])c1)C(Cl)(Cl)Cl. The van der Waals surface area contributed by atoms with Gasteiger partial charge in [-0.3, -0.25) is 14.9 Å². The summed E-state index contributed by atoms with van der Waals surface area (Å²) in [4.78, 5) is 22.4. The molecule has 1 aromatic rings. The second-order valence-electron chi connectivity index (χ2n) is 5.66. The van der Waals surface area contributed by atoms with Crippen LogP contribution in [0.3, 0.4) is 0 Å². The molecule has 25 heavy (non-hydrogen) atoms. The van der Waals surface area contributed by atoms with Gasteiger partial charge in [-0.2, -0.15) is 0 Å². The Kier molecular flexibility index (Phi) is 9.32. The zero-order chi connectivity index (χ0) is 18.9. The van der Waals surface area contributed by atoms with Crippen LogP contribution in [0.15, 0.2) is 24.3 Å². The van der Waals surface area contributed by atoms with E-state index in [1.54, 1.807) is 6.07 Å². The molecule has 0 fully saturated rings. The molecule has 2 N–H and O–H groups in total. The molecular weight excluding hydrogens is 389 g/mol. The summed E-state index contributed by atoms with van der Waals surface area (Å²) in [6.07, 6.45) is 4.41. The monoisotopic (exact) mass is 409 g/mol. The number of amides is 1. The van der Waals surface area contributed by atoms with Crippen molar-refractivity contribution in [3.63, 3.8) is 0 Å². The van der Waals surface area contributed by atoms with Crippen LogP contribution in [0.1, 0.15) is 45.4 Å². The average molecular weight is 411 g/mol. The van der Waals surface area contributed by atoms with Crippen LogP contribution >= 0.6 is 34.8 Å². The minimum Gasteiger partial charge on any atom is -0.362 e. The maximum Gasteiger partial charge on any atom is 0.271 e. The van der Waals surface area contributed by atoms with Crippen LogP contribution in [-0.2, 0) is 4.79 Å². The van der Waals surface area contributed by atoms with Gasteiger partial charge in [0, 0.05) is 24.2 Å². The Bertz CT molecular complexity index is 579. The van der Waals surface area contributed by atoms with Crippen molar-refractivity contribution in [2.75, 3.05) is 5.32 Å². The standard InChI is InChI=1S/C16H22Cl3N3O3/c1-2-3-4-5-6-10-14(23)21-15(16(17,18)19)20-12-8-7-9-13(11-12)22(24)25/h7-9,11,15,20H,2-6,10H2,1H3,(H,21,23)/t15-/m0/s1. The molecule has 140 valence electrons. The molecule has 1 rings (SSSR count). The smallest absolute Gasteiger partial charge is 0.271 e. The molecule has 0 saturated heterocycles. The van der Waals surface area contributed by atoms with Gasteiger partial charge in [0.25, 0.3) is 5.69 Å². The van der Waals surface area contributed by atoms with Gasteiger partial charge in [-0.15, -0.1) is 0 Å². The third kappa shape index (κ3) is 8.61. The second kappa shape index (κ2) is 10.7. The molecule has 0 unspecified atom stereocenters. The molecule has 0 aliphatic carbocycles. The van der Waals surface area contributed by atoms with Gasteiger partial charge < -0.3 is 10.6 Å². The van der Waals surface area contributed by atoms with Gasteiger partial charge in [0.05, 0.1) is 4.92 Å². The Hall–Kier alpha value is -1.24. The first kappa shape index (κ1) is 21.8. The Morgan fingerprint density at radius 2 is 1.92 bits per heavy atom. The number of nitrogens with zero attached hydrogens (tertiary/aromatic N) is 1. The number of carbonyl (C=O) groups excluding carboxylic acids is 1. The number of anilines is 1. The number of nitro groups is 1. The highest BCUT2D eigenvalue weighted by Crippen LogP contribution is 2.31. The molecule has 9 heteroatoms. The lowest BCUT2D eigenvalue weighted by molar-refractivity contribution is -0.384. The van der Waals surface area contributed by atoms with E-state index in [0.717, 1.165) is 32.1 Å². The van der Waals surface area contributed by atoms with Crippen LogP contribution < -0.4 is 10.6 Å². The fraction of sp³-hybridized carbons (Fsp3) is 0.562. The largest absolute Gasteiger partial charge is 0.362 e. The van der Waals surface area contributed by atoms with E-state index < -0.39 is 14.9 Å². The number of nitrogens with one attached hydrogen (secondary N) is 2. The number of non-ortho nitro benzene ring substituents is 1. The third-order valence-electron chi connectivity index (χ3n) is 3.51. The molecule has 0 aromatic heterocycles. The molecular formula is C16H22Cl3N3O3. The predicted molar refractivity (Wildman–Crippen MR) is 102 cm³/mol. The lowest BCUT2D eigenvalue weighted by Crippen LogP contribution is -2.49. The summed E-state index contributed by atoms with van der Waals surface area (Å²) in [6, 6.07) is 5.75. The lowest BCUT2D eigenvalue weighted by atomic mass is 10.1. The van der Waals surface area contributed by atoms with Crippen LogP contribution in [0, 0.1) is 10.1 Å². The van der Waals surface area contributed by atoms with E-state index in [1.165, 1.54) is 18.2 Å². The van der Waals surface area contributed by atoms with E-state index in [0.29, 0.717) is 12.1 Å². The number of alkyl halides is 3. The summed E-state index contributed by atoms with van der Waals surface area (Å²) < 4.78 is -1.82. The number of benzene rings is 1. The van der Waals surface area contributed by atoms with E-state index in [1.807, 2.05) is 0 Å². The Balaban J connectivity index is 2.64. The van der Waals surface area contributed by atoms with Gasteiger partial charge in [-0.1, -0.05) is 73.5 Å². The van der Waals surface area contributed by atoms with E-state index >= 15 is 0 Å². The first-order chi connectivity index (χ1) is 11.7. The highest BCUT2D eigenvalue weighted by atomic mass is 35.6. The third-order valence-corrected chi connectivity index (χ3v) is 4.16. The van der Waals surface area contributed by atoms with Crippen LogP contribution in [0.2, 0.25) is 0 Å². The number of hydrogen-bond acceptors (Lipinski definition) is 4. The Labute approximate surface area is 162 Å². The van der Waals surface area contributed by atoms with Crippen molar-refractivity contribution < 1.29 is 9.72 Å². The number of rotatable bonds is 10. The lowest BCUT2D eigenvalue weighted by Gasteiger charge is -2.27. The summed E-state index contributed by atoms with van der Waals surface area (Å²) in [5.41, 5.74) is 0.268. The molecule has 1 amide bonds. The van der Waals surface area contributed by atoms with Gasteiger partial charge in [0.15, 0.2) is 0 Å². The molecule has 0 bridgehead atoms. The van der Waals surface area contributed by atoms with Gasteiger partial charge in [-0.05, 0) is 12.5 Å². The minimum atomic E-state index is -1.82. The molecule has 0 aliphatic rings. The van der Waals surface area contributed by atoms with Crippen molar-refractivity contribution in [1.82, 2.24) is 5.32 Å². The molecule has 0 heterocycles. The normalized spacial score (nSPS) is 12.5. The summed E-state index contributed by atoms with van der Waals surface area (Å²) in [5, 5.41) is 16.3. The van der Waals surface area contributed by atoms with Crippen LogP contribution in [0.5, 0.6) is 0 Å². The zero-order valence-electron chi connectivity index (χ0n) is 13.9. The fourth-order valence-electron chi connectivity index (χ4n) is 2.20. The van der Waals surface area contributed by atoms with Crippen molar-refractivity contribution >= 4 is 52.1 Å². The Morgan fingerprint density at radius 1 is 1.24 bits per heavy atom. The first-order valence-corrected chi connectivity index (χ1v) is 9.24. The molecule has 1 aromatic carbocycles. The topological polar surface area (TPSA) is 84.3 Å². The highest BCUT2D eigenvalue weighted by Gasteiger charge is 2.34. The maximum atomic E-state index is 12.1. The molecule has 6 nitrogen and oxygen atoms in total. The quantitative estimate of drug-likeness (QED) is 0.183. The molecule has 0 radical (unpaired) electrons. The van der Waals surface area contributed by atoms with E-state index in [2.05, 4.69) is 17.6 Å². The maximum absolute atomic E-state index is 12.1. The molecule has 0 aliphatic heterocycles. The zero-order valence-corrected chi connectivity index (χ0v) is 16.2. The van der Waals surface area contributed by atoms with Crippen molar-refractivity contribution in [3.05, 3.63) is 34.4 Å². The predicted octanol–water partition coefficient (Wildman–Crippen LogP) is 5.18. The Morgan fingerprint density at radius 3 is 2.52 bits per heavy atom. The summed E-state index contributed by atoms with van der Waals surface area (Å²) in [5.74, 6) is -0.245. The number of hydrogen-bond donors (Lipinski definition) is 2. The summed E-state index contributed by atoms with van der Waals surface area (Å²) in [7, 11) is 0. The summed E-state index contributed by atoms with van der Waals surface area (Å²) >= 11 is 17.8. The number of carbonyl (C=O) groups is 1. The fourth-order valence-corrected chi connectivity index (χ4v) is 2.53. The van der Waals surface area contributed by atoms with Crippen molar-refractivity contribution in [2.45, 2.75) is 55.4 Å². The van der Waals surface area contributed by atoms with E-state index in [9.17, 15) is 14.9 Å². The van der Waals surface area contributed by atoms with Gasteiger partial charge in [-0.25, -0.2) is 0 Å². The summed E-state index contributed by atoms with van der Waals surface area (Å²) in [6.45, 7) is 2.12. The number of unbranched alkanes of at least 4 members (excludes halogenated alkanes) is 4. The number of halogens is 3.